The largest absolute Gasteiger partial charge is 0.416 e. The van der Waals surface area contributed by atoms with E-state index in [1.165, 1.54) is 4.31 Å². The van der Waals surface area contributed by atoms with E-state index in [0.29, 0.717) is 37.3 Å². The van der Waals surface area contributed by atoms with Gasteiger partial charge in [-0.25, -0.2) is 8.42 Å². The van der Waals surface area contributed by atoms with Gasteiger partial charge in [-0.2, -0.15) is 22.5 Å². The van der Waals surface area contributed by atoms with Gasteiger partial charge < -0.3 is 4.52 Å². The second-order valence-electron chi connectivity index (χ2n) is 7.40. The van der Waals surface area contributed by atoms with Crippen LogP contribution < -0.4 is 0 Å². The van der Waals surface area contributed by atoms with Crippen molar-refractivity contribution in [3.63, 3.8) is 0 Å². The molecule has 0 atom stereocenters. The molecular weight excluding hydrogens is 409 g/mol. The maximum atomic E-state index is 12.7. The predicted molar refractivity (Wildman–Crippen MR) is 98.3 cm³/mol. The van der Waals surface area contributed by atoms with Gasteiger partial charge in [0.15, 0.2) is 5.82 Å². The molecule has 0 bridgehead atoms. The topological polar surface area (TPSA) is 79.5 Å². The summed E-state index contributed by atoms with van der Waals surface area (Å²) in [6, 6.07) is 3.57. The maximum Gasteiger partial charge on any atom is 0.416 e. The molecular formula is C18H23F3N4O3S. The predicted octanol–water partition coefficient (Wildman–Crippen LogP) is 2.79. The zero-order valence-corrected chi connectivity index (χ0v) is 17.0. The minimum absolute atomic E-state index is 0.144. The summed E-state index contributed by atoms with van der Waals surface area (Å²) in [6.07, 6.45) is -3.78. The zero-order chi connectivity index (χ0) is 21.2. The maximum absolute atomic E-state index is 12.7. The molecule has 1 aromatic carbocycles. The number of sulfonamides is 1. The third kappa shape index (κ3) is 5.34. The molecule has 29 heavy (non-hydrogen) atoms. The molecule has 0 amide bonds. The summed E-state index contributed by atoms with van der Waals surface area (Å²) < 4.78 is 70.0. The Morgan fingerprint density at radius 3 is 2.28 bits per heavy atom. The number of piperazine rings is 1. The Kier molecular flexibility index (Phi) is 6.30. The van der Waals surface area contributed by atoms with Crippen LogP contribution in [0.15, 0.2) is 33.7 Å². The van der Waals surface area contributed by atoms with Crippen molar-refractivity contribution in [1.82, 2.24) is 19.3 Å². The van der Waals surface area contributed by atoms with Gasteiger partial charge in [-0.05, 0) is 30.2 Å². The Labute approximate surface area is 167 Å². The van der Waals surface area contributed by atoms with Crippen LogP contribution >= 0.6 is 0 Å². The van der Waals surface area contributed by atoms with Gasteiger partial charge in [-0.3, -0.25) is 4.90 Å². The molecule has 0 radical (unpaired) electrons. The minimum atomic E-state index is -4.50. The van der Waals surface area contributed by atoms with E-state index in [0.717, 1.165) is 30.7 Å². The molecule has 0 N–H and O–H groups in total. The van der Waals surface area contributed by atoms with Crippen molar-refractivity contribution in [2.75, 3.05) is 26.2 Å². The fourth-order valence-corrected chi connectivity index (χ4v) is 4.51. The Hall–Kier alpha value is -1.98. The lowest BCUT2D eigenvalue weighted by Gasteiger charge is -2.33. The molecule has 1 aliphatic heterocycles. The first-order valence-corrected chi connectivity index (χ1v) is 10.7. The quantitative estimate of drug-likeness (QED) is 0.699. The molecule has 1 fully saturated rings. The van der Waals surface area contributed by atoms with Crippen molar-refractivity contribution in [1.29, 1.82) is 0 Å². The molecule has 160 valence electrons. The van der Waals surface area contributed by atoms with Crippen LogP contribution in [-0.2, 0) is 29.2 Å². The second-order valence-corrected chi connectivity index (χ2v) is 9.34. The lowest BCUT2D eigenvalue weighted by molar-refractivity contribution is -0.137. The Morgan fingerprint density at radius 1 is 1.10 bits per heavy atom. The van der Waals surface area contributed by atoms with E-state index in [-0.39, 0.29) is 18.0 Å². The molecule has 0 unspecified atom stereocenters. The molecule has 2 aromatic rings. The summed E-state index contributed by atoms with van der Waals surface area (Å²) in [5.41, 5.74) is -0.877. The second kappa shape index (κ2) is 8.41. The highest BCUT2D eigenvalue weighted by Gasteiger charge is 2.32. The molecule has 11 heteroatoms. The van der Waals surface area contributed by atoms with Gasteiger partial charge in [-0.15, -0.1) is 0 Å². The number of halogens is 3. The van der Waals surface area contributed by atoms with Crippen LogP contribution in [0.3, 0.4) is 0 Å². The molecule has 1 saturated heterocycles. The lowest BCUT2D eigenvalue weighted by atomic mass is 10.1. The molecule has 1 aromatic heterocycles. The first kappa shape index (κ1) is 21.7. The van der Waals surface area contributed by atoms with Crippen molar-refractivity contribution in [2.24, 2.45) is 5.92 Å². The summed E-state index contributed by atoms with van der Waals surface area (Å²) in [6.45, 7) is 5.94. The number of rotatable bonds is 6. The van der Waals surface area contributed by atoms with Crippen LogP contribution in [0.25, 0.3) is 0 Å². The Morgan fingerprint density at radius 2 is 1.72 bits per heavy atom. The van der Waals surface area contributed by atoms with E-state index in [4.69, 9.17) is 4.52 Å². The fraction of sp³-hybridized carbons (Fsp3) is 0.556. The Bertz CT molecular complexity index is 919. The standard InChI is InChI=1S/C18H23F3N4O3S/c1-13(2)11-16-22-17(28-23-16)12-24-7-9-25(10-8-24)29(26,27)15-5-3-14(4-6-15)18(19,20)21/h3-6,13H,7-12H2,1-2H3. The van der Waals surface area contributed by atoms with Crippen LogP contribution in [0.2, 0.25) is 0 Å². The third-order valence-corrected chi connectivity index (χ3v) is 6.52. The van der Waals surface area contributed by atoms with Crippen molar-refractivity contribution in [3.05, 3.63) is 41.5 Å². The first-order valence-electron chi connectivity index (χ1n) is 9.27. The molecule has 0 aliphatic carbocycles. The van der Waals surface area contributed by atoms with Crippen LogP contribution in [-0.4, -0.2) is 53.9 Å². The Balaban J connectivity index is 1.58. The van der Waals surface area contributed by atoms with Crippen molar-refractivity contribution in [2.45, 2.75) is 37.9 Å². The number of alkyl halides is 3. The summed E-state index contributed by atoms with van der Waals surface area (Å²) in [5.74, 6) is 1.55. The van der Waals surface area contributed by atoms with Gasteiger partial charge in [-0.1, -0.05) is 19.0 Å². The molecule has 1 aliphatic rings. The van der Waals surface area contributed by atoms with Crippen LogP contribution in [0.5, 0.6) is 0 Å². The SMILES string of the molecule is CC(C)Cc1noc(CN2CCN(S(=O)(=O)c3ccc(C(F)(F)F)cc3)CC2)n1. The van der Waals surface area contributed by atoms with E-state index in [2.05, 4.69) is 24.0 Å². The van der Waals surface area contributed by atoms with E-state index in [1.54, 1.807) is 0 Å². The lowest BCUT2D eigenvalue weighted by Crippen LogP contribution is -2.48. The van der Waals surface area contributed by atoms with Gasteiger partial charge in [0.2, 0.25) is 15.9 Å². The number of hydrogen-bond donors (Lipinski definition) is 0. The number of benzene rings is 1. The van der Waals surface area contributed by atoms with E-state index < -0.39 is 21.8 Å². The van der Waals surface area contributed by atoms with Gasteiger partial charge >= 0.3 is 6.18 Å². The van der Waals surface area contributed by atoms with E-state index in [9.17, 15) is 21.6 Å². The van der Waals surface area contributed by atoms with E-state index in [1.807, 2.05) is 4.90 Å². The smallest absolute Gasteiger partial charge is 0.338 e. The van der Waals surface area contributed by atoms with Crippen molar-refractivity contribution in [3.8, 4) is 0 Å². The fourth-order valence-electron chi connectivity index (χ4n) is 3.09. The summed E-state index contributed by atoms with van der Waals surface area (Å²) >= 11 is 0. The highest BCUT2D eigenvalue weighted by Crippen LogP contribution is 2.30. The van der Waals surface area contributed by atoms with Crippen LogP contribution in [0.4, 0.5) is 13.2 Å². The van der Waals surface area contributed by atoms with Crippen LogP contribution in [0.1, 0.15) is 31.1 Å². The number of hydrogen-bond acceptors (Lipinski definition) is 6. The monoisotopic (exact) mass is 432 g/mol. The summed E-state index contributed by atoms with van der Waals surface area (Å²) in [4.78, 5) is 6.21. The van der Waals surface area contributed by atoms with E-state index >= 15 is 0 Å². The highest BCUT2D eigenvalue weighted by molar-refractivity contribution is 7.89. The van der Waals surface area contributed by atoms with Gasteiger partial charge in [0.1, 0.15) is 0 Å². The van der Waals surface area contributed by atoms with Crippen LogP contribution in [0, 0.1) is 5.92 Å². The highest BCUT2D eigenvalue weighted by atomic mass is 32.2. The average molecular weight is 432 g/mol. The van der Waals surface area contributed by atoms with Gasteiger partial charge in [0.05, 0.1) is 17.0 Å². The number of aromatic nitrogens is 2. The zero-order valence-electron chi connectivity index (χ0n) is 16.2. The molecule has 0 saturated carbocycles. The van der Waals surface area contributed by atoms with Gasteiger partial charge in [0.25, 0.3) is 0 Å². The third-order valence-electron chi connectivity index (χ3n) is 4.61. The van der Waals surface area contributed by atoms with Crippen molar-refractivity contribution < 1.29 is 26.1 Å². The summed E-state index contributed by atoms with van der Waals surface area (Å²) in [7, 11) is -3.84. The van der Waals surface area contributed by atoms with Crippen molar-refractivity contribution >= 4 is 10.0 Å². The minimum Gasteiger partial charge on any atom is -0.338 e. The average Bonchev–Trinajstić information content (AvgIpc) is 3.07. The van der Waals surface area contributed by atoms with Gasteiger partial charge in [0, 0.05) is 32.6 Å². The molecule has 3 rings (SSSR count). The normalized spacial score (nSPS) is 17.2. The molecule has 7 nitrogen and oxygen atoms in total. The molecule has 2 heterocycles. The number of nitrogens with zero attached hydrogens (tertiary/aromatic N) is 4. The molecule has 0 spiro atoms. The summed E-state index contributed by atoms with van der Waals surface area (Å²) in [5, 5.41) is 3.94. The first-order chi connectivity index (χ1) is 13.6.